The molecule has 0 radical (unpaired) electrons. The van der Waals surface area contributed by atoms with Crippen LogP contribution in [0, 0.1) is 19.3 Å². The lowest BCUT2D eigenvalue weighted by molar-refractivity contribution is 0.133. The van der Waals surface area contributed by atoms with E-state index in [2.05, 4.69) is 231 Å². The van der Waals surface area contributed by atoms with Gasteiger partial charge in [-0.25, -0.2) is 0 Å². The van der Waals surface area contributed by atoms with Gasteiger partial charge in [-0.1, -0.05) is 141 Å². The van der Waals surface area contributed by atoms with Gasteiger partial charge in [-0.05, 0) is 178 Å². The zero-order valence-electron chi connectivity index (χ0n) is 41.9. The normalized spacial score (nSPS) is 20.7. The van der Waals surface area contributed by atoms with Gasteiger partial charge in [-0.3, -0.25) is 0 Å². The highest BCUT2D eigenvalue weighted by Gasteiger charge is 2.63. The number of anilines is 8. The minimum absolute atomic E-state index is 0.000650. The molecule has 2 unspecified atom stereocenters. The molecule has 5 aliphatic rings. The molecule has 1 saturated carbocycles. The molecule has 0 saturated heterocycles. The molecule has 67 heavy (non-hydrogen) atoms. The van der Waals surface area contributed by atoms with Crippen LogP contribution in [-0.2, 0) is 29.1 Å². The van der Waals surface area contributed by atoms with Crippen molar-refractivity contribution in [3.05, 3.63) is 172 Å². The van der Waals surface area contributed by atoms with E-state index in [-0.39, 0.29) is 33.9 Å². The Kier molecular flexibility index (Phi) is 8.87. The van der Waals surface area contributed by atoms with Crippen molar-refractivity contribution in [2.75, 3.05) is 14.7 Å². The number of hydrogen-bond donors (Lipinski definition) is 0. The van der Waals surface area contributed by atoms with Crippen molar-refractivity contribution in [1.29, 1.82) is 0 Å². The average Bonchev–Trinajstić information content (AvgIpc) is 3.65. The second kappa shape index (κ2) is 14.0. The Morgan fingerprint density at radius 2 is 1.12 bits per heavy atom. The van der Waals surface area contributed by atoms with E-state index in [0.717, 1.165) is 12.8 Å². The first-order valence-electron chi connectivity index (χ1n) is 25.0. The van der Waals surface area contributed by atoms with E-state index >= 15 is 0 Å². The van der Waals surface area contributed by atoms with E-state index in [1.807, 2.05) is 0 Å². The summed E-state index contributed by atoms with van der Waals surface area (Å²) in [4.78, 5) is 8.05. The first-order valence-corrected chi connectivity index (χ1v) is 25.0. The highest BCUT2D eigenvalue weighted by atomic mass is 15.3. The number of aryl methyl sites for hydroxylation is 2. The molecule has 2 aliphatic carbocycles. The van der Waals surface area contributed by atoms with Crippen LogP contribution in [-0.4, -0.2) is 12.3 Å². The van der Waals surface area contributed by atoms with Gasteiger partial charge in [-0.2, -0.15) is 0 Å². The second-order valence-corrected chi connectivity index (χ2v) is 24.3. The third kappa shape index (κ3) is 6.09. The number of rotatable bonds is 4. The average molecular weight is 876 g/mol. The van der Waals surface area contributed by atoms with Crippen LogP contribution in [0.25, 0.3) is 11.1 Å². The van der Waals surface area contributed by atoms with Gasteiger partial charge in [0.15, 0.2) is 0 Å². The maximum Gasteiger partial charge on any atom is 0.252 e. The highest BCUT2D eigenvalue weighted by Crippen LogP contribution is 2.65. The third-order valence-electron chi connectivity index (χ3n) is 17.1. The summed E-state index contributed by atoms with van der Waals surface area (Å²) < 4.78 is 0. The van der Waals surface area contributed by atoms with Gasteiger partial charge < -0.3 is 14.7 Å². The van der Waals surface area contributed by atoms with Crippen molar-refractivity contribution < 1.29 is 0 Å². The number of para-hydroxylation sites is 1. The predicted molar refractivity (Wildman–Crippen MR) is 288 cm³/mol. The molecule has 0 aromatic heterocycles. The van der Waals surface area contributed by atoms with Gasteiger partial charge in [0.25, 0.3) is 6.71 Å². The van der Waals surface area contributed by atoms with Crippen LogP contribution in [0.2, 0.25) is 0 Å². The fraction of sp³-hybridized carbons (Fsp3) is 0.333. The minimum Gasteiger partial charge on any atom is -0.334 e. The number of benzene rings is 7. The van der Waals surface area contributed by atoms with E-state index in [4.69, 9.17) is 0 Å². The topological polar surface area (TPSA) is 9.72 Å². The van der Waals surface area contributed by atoms with Gasteiger partial charge in [0.2, 0.25) is 0 Å². The Morgan fingerprint density at radius 3 is 1.78 bits per heavy atom. The molecule has 0 spiro atoms. The molecule has 3 aliphatic heterocycles. The second-order valence-electron chi connectivity index (χ2n) is 24.3. The Hall–Kier alpha value is -6.00. The van der Waals surface area contributed by atoms with Crippen LogP contribution in [0.1, 0.15) is 121 Å². The fourth-order valence-corrected chi connectivity index (χ4v) is 13.2. The van der Waals surface area contributed by atoms with Gasteiger partial charge in [0.05, 0.1) is 11.2 Å². The lowest BCUT2D eigenvalue weighted by Gasteiger charge is -2.56. The molecule has 7 aromatic rings. The lowest BCUT2D eigenvalue weighted by atomic mass is 9.33. The van der Waals surface area contributed by atoms with Crippen molar-refractivity contribution in [3.63, 3.8) is 0 Å². The molecule has 4 heteroatoms. The largest absolute Gasteiger partial charge is 0.334 e. The summed E-state index contributed by atoms with van der Waals surface area (Å²) in [6, 6.07) is 52.7. The van der Waals surface area contributed by atoms with E-state index in [1.165, 1.54) is 125 Å². The molecule has 0 N–H and O–H groups in total. The Labute approximate surface area is 401 Å². The summed E-state index contributed by atoms with van der Waals surface area (Å²) in [6.07, 6.45) is 4.56. The number of nitrogens with zero attached hydrogens (tertiary/aromatic N) is 3. The van der Waals surface area contributed by atoms with Crippen molar-refractivity contribution in [2.45, 2.75) is 131 Å². The Balaban J connectivity index is 1.16. The Morgan fingerprint density at radius 1 is 0.507 bits per heavy atom. The quantitative estimate of drug-likeness (QED) is 0.163. The smallest absolute Gasteiger partial charge is 0.252 e. The zero-order chi connectivity index (χ0) is 46.7. The van der Waals surface area contributed by atoms with Crippen molar-refractivity contribution in [2.24, 2.45) is 5.41 Å². The maximum atomic E-state index is 2.72. The molecule has 0 amide bonds. The van der Waals surface area contributed by atoms with Crippen molar-refractivity contribution >= 4 is 68.6 Å². The van der Waals surface area contributed by atoms with Gasteiger partial charge in [-0.15, -0.1) is 0 Å². The summed E-state index contributed by atoms with van der Waals surface area (Å²) in [5.74, 6) is 0. The van der Waals surface area contributed by atoms with Crippen LogP contribution in [0.4, 0.5) is 45.5 Å². The molecule has 3 heterocycles. The van der Waals surface area contributed by atoms with E-state index < -0.39 is 0 Å². The first-order chi connectivity index (χ1) is 31.8. The lowest BCUT2D eigenvalue weighted by Crippen LogP contribution is -2.62. The van der Waals surface area contributed by atoms with E-state index in [9.17, 15) is 0 Å². The fourth-order valence-electron chi connectivity index (χ4n) is 13.2. The zero-order valence-corrected chi connectivity index (χ0v) is 41.9. The van der Waals surface area contributed by atoms with E-state index in [0.29, 0.717) is 0 Å². The van der Waals surface area contributed by atoms with Gasteiger partial charge in [0.1, 0.15) is 0 Å². The molecule has 336 valence electrons. The molecular weight excluding hydrogens is 810 g/mol. The monoisotopic (exact) mass is 876 g/mol. The summed E-state index contributed by atoms with van der Waals surface area (Å²) in [5.41, 5.74) is 27.0. The predicted octanol–water partition coefficient (Wildman–Crippen LogP) is 14.7. The number of hydrogen-bond acceptors (Lipinski definition) is 3. The van der Waals surface area contributed by atoms with Gasteiger partial charge >= 0.3 is 0 Å². The van der Waals surface area contributed by atoms with Crippen molar-refractivity contribution in [3.8, 4) is 11.1 Å². The molecule has 1 fully saturated rings. The third-order valence-corrected chi connectivity index (χ3v) is 17.1. The maximum absolute atomic E-state index is 2.72. The van der Waals surface area contributed by atoms with Crippen LogP contribution in [0.15, 0.2) is 133 Å². The molecule has 0 bridgehead atoms. The summed E-state index contributed by atoms with van der Waals surface area (Å²) >= 11 is 0. The van der Waals surface area contributed by atoms with Crippen molar-refractivity contribution in [1.82, 2.24) is 0 Å². The molecule has 12 rings (SSSR count). The first kappa shape index (κ1) is 42.4. The standard InChI is InChI=1S/C63H66BN3/c1-39-30-56-58-57(31-39)66(52-27-23-45(60(6,7)8)35-47(52)41-18-14-13-15-19-41)54-34-43-38-61(9,10)37-42(43)33-50(54)64(58)49-25-24-46(67-53-21-17-16-20-48(53)62(11)28-29-63(62,67)12)36-55(49)65(56)51-26-22-44(32-40(51)2)59(3,4)5/h13-27,30-36H,28-29,37-38H2,1-12H3. The number of fused-ring (bicyclic) bond motifs is 8. The SMILES string of the molecule is Cc1cc2c3c(c1)N(c1ccc(C(C)(C)C)cc1-c1ccccc1)c1cc4c(cc1B3c1ccc(N3c5ccccc5C5(C)CCC35C)cc1N2c1ccc(C(C)(C)C)cc1C)CC(C)(C)C4. The molecule has 2 atom stereocenters. The summed E-state index contributed by atoms with van der Waals surface area (Å²) in [5, 5.41) is 0. The van der Waals surface area contributed by atoms with Gasteiger partial charge in [0, 0.05) is 50.8 Å². The minimum atomic E-state index is -0.00282. The highest BCUT2D eigenvalue weighted by molar-refractivity contribution is 7.00. The summed E-state index contributed by atoms with van der Waals surface area (Å²) in [6.45, 7) is 28.6. The Bertz CT molecular complexity index is 3220. The molecular formula is C63H66BN3. The van der Waals surface area contributed by atoms with Crippen LogP contribution in [0.3, 0.4) is 0 Å². The van der Waals surface area contributed by atoms with Crippen LogP contribution < -0.4 is 31.1 Å². The van der Waals surface area contributed by atoms with E-state index in [1.54, 1.807) is 0 Å². The molecule has 7 aromatic carbocycles. The van der Waals surface area contributed by atoms with Crippen LogP contribution >= 0.6 is 0 Å². The molecule has 3 nitrogen and oxygen atoms in total. The van der Waals surface area contributed by atoms with Crippen LogP contribution in [0.5, 0.6) is 0 Å². The summed E-state index contributed by atoms with van der Waals surface area (Å²) in [7, 11) is 0.